The van der Waals surface area contributed by atoms with Crippen molar-refractivity contribution in [3.05, 3.63) is 0 Å². The van der Waals surface area contributed by atoms with Crippen LogP contribution in [0.1, 0.15) is 78.6 Å². The van der Waals surface area contributed by atoms with E-state index in [0.29, 0.717) is 28.0 Å². The Morgan fingerprint density at radius 2 is 1.74 bits per heavy atom. The van der Waals surface area contributed by atoms with Crippen molar-refractivity contribution in [2.75, 3.05) is 0 Å². The van der Waals surface area contributed by atoms with Crippen LogP contribution in [0.4, 0.5) is 0 Å². The molecule has 132 valence electrons. The van der Waals surface area contributed by atoms with Gasteiger partial charge < -0.3 is 5.11 Å². The molecule has 4 fully saturated rings. The standard InChI is InChI=1S/C21H35ClO/c1-4-13-7-9-15-14-8-10-16-17(22)6-5-11-20(16,2)19(14)18(23)12-21(13,15)3/h13-19,23H,4-12H2,1-3H3/t13-,14-,15-,16?,17?,18+,19+,20-,21+/m0/s1. The molecule has 4 rings (SSSR count). The highest BCUT2D eigenvalue weighted by Crippen LogP contribution is 2.68. The molecule has 2 heteroatoms. The highest BCUT2D eigenvalue weighted by atomic mass is 35.5. The summed E-state index contributed by atoms with van der Waals surface area (Å²) in [5, 5.41) is 11.6. The quantitative estimate of drug-likeness (QED) is 0.614. The Morgan fingerprint density at radius 1 is 1.00 bits per heavy atom. The number of hydrogen-bond acceptors (Lipinski definition) is 1. The zero-order valence-corrected chi connectivity index (χ0v) is 16.0. The lowest BCUT2D eigenvalue weighted by Gasteiger charge is -2.62. The van der Waals surface area contributed by atoms with E-state index in [1.807, 2.05) is 0 Å². The number of aliphatic hydroxyl groups is 1. The van der Waals surface area contributed by atoms with E-state index in [1.165, 1.54) is 51.4 Å². The average molecular weight is 339 g/mol. The van der Waals surface area contributed by atoms with E-state index in [0.717, 1.165) is 24.2 Å². The maximum absolute atomic E-state index is 11.3. The fourth-order valence-corrected chi connectivity index (χ4v) is 8.80. The first-order chi connectivity index (χ1) is 10.9. The van der Waals surface area contributed by atoms with Gasteiger partial charge in [0.2, 0.25) is 0 Å². The van der Waals surface area contributed by atoms with E-state index in [2.05, 4.69) is 20.8 Å². The van der Waals surface area contributed by atoms with Crippen LogP contribution in [0.2, 0.25) is 0 Å². The van der Waals surface area contributed by atoms with Gasteiger partial charge >= 0.3 is 0 Å². The van der Waals surface area contributed by atoms with Crippen LogP contribution in [-0.4, -0.2) is 16.6 Å². The molecule has 0 aromatic heterocycles. The molecule has 0 spiro atoms. The van der Waals surface area contributed by atoms with Crippen molar-refractivity contribution >= 4 is 11.6 Å². The van der Waals surface area contributed by atoms with Crippen LogP contribution >= 0.6 is 11.6 Å². The molecule has 23 heavy (non-hydrogen) atoms. The first-order valence-corrected chi connectivity index (χ1v) is 10.7. The van der Waals surface area contributed by atoms with Crippen LogP contribution in [0, 0.1) is 40.4 Å². The summed E-state index contributed by atoms with van der Waals surface area (Å²) in [7, 11) is 0. The Hall–Kier alpha value is 0.250. The molecule has 0 amide bonds. The molecule has 1 nitrogen and oxygen atoms in total. The van der Waals surface area contributed by atoms with Gasteiger partial charge in [-0.15, -0.1) is 11.6 Å². The lowest BCUT2D eigenvalue weighted by Crippen LogP contribution is -2.59. The molecule has 0 aromatic carbocycles. The maximum Gasteiger partial charge on any atom is 0.0581 e. The zero-order valence-electron chi connectivity index (χ0n) is 15.2. The van der Waals surface area contributed by atoms with Crippen molar-refractivity contribution in [2.24, 2.45) is 40.4 Å². The number of aliphatic hydroxyl groups excluding tert-OH is 1. The van der Waals surface area contributed by atoms with Gasteiger partial charge in [0.1, 0.15) is 0 Å². The molecule has 9 atom stereocenters. The molecule has 0 aromatic rings. The van der Waals surface area contributed by atoms with Crippen molar-refractivity contribution in [3.8, 4) is 0 Å². The lowest BCUT2D eigenvalue weighted by molar-refractivity contribution is -0.168. The summed E-state index contributed by atoms with van der Waals surface area (Å²) < 4.78 is 0. The molecular weight excluding hydrogens is 304 g/mol. The molecule has 0 radical (unpaired) electrons. The predicted octanol–water partition coefficient (Wildman–Crippen LogP) is 5.63. The second-order valence-electron chi connectivity index (χ2n) is 9.85. The zero-order chi connectivity index (χ0) is 16.4. The third-order valence-corrected chi connectivity index (χ3v) is 9.71. The largest absolute Gasteiger partial charge is 0.393 e. The summed E-state index contributed by atoms with van der Waals surface area (Å²) in [4.78, 5) is 0. The van der Waals surface area contributed by atoms with E-state index in [-0.39, 0.29) is 6.10 Å². The van der Waals surface area contributed by atoms with Crippen LogP contribution in [0.15, 0.2) is 0 Å². The van der Waals surface area contributed by atoms with Crippen LogP contribution in [0.5, 0.6) is 0 Å². The molecule has 2 unspecified atom stereocenters. The van der Waals surface area contributed by atoms with Crippen LogP contribution in [0.25, 0.3) is 0 Å². The van der Waals surface area contributed by atoms with E-state index in [4.69, 9.17) is 11.6 Å². The summed E-state index contributed by atoms with van der Waals surface area (Å²) in [6.45, 7) is 7.35. The molecule has 4 aliphatic rings. The topological polar surface area (TPSA) is 20.2 Å². The highest BCUT2D eigenvalue weighted by molar-refractivity contribution is 6.20. The molecule has 0 saturated heterocycles. The number of alkyl halides is 1. The second-order valence-corrected chi connectivity index (χ2v) is 10.4. The van der Waals surface area contributed by atoms with Crippen molar-refractivity contribution in [1.82, 2.24) is 0 Å². The summed E-state index contributed by atoms with van der Waals surface area (Å²) in [6, 6.07) is 0. The maximum atomic E-state index is 11.3. The van der Waals surface area contributed by atoms with Gasteiger partial charge in [0.15, 0.2) is 0 Å². The molecule has 1 N–H and O–H groups in total. The molecule has 0 aliphatic heterocycles. The summed E-state index contributed by atoms with van der Waals surface area (Å²) in [6.07, 6.45) is 11.4. The minimum atomic E-state index is -0.0943. The molecule has 4 saturated carbocycles. The van der Waals surface area contributed by atoms with Gasteiger partial charge in [0, 0.05) is 5.38 Å². The fraction of sp³-hybridized carbons (Fsp3) is 1.00. The first kappa shape index (κ1) is 16.7. The van der Waals surface area contributed by atoms with Gasteiger partial charge in [-0.2, -0.15) is 0 Å². The molecule has 4 aliphatic carbocycles. The van der Waals surface area contributed by atoms with Gasteiger partial charge in [-0.25, -0.2) is 0 Å². The normalized spacial score (nSPS) is 59.1. The lowest BCUT2D eigenvalue weighted by atomic mass is 9.44. The second kappa shape index (κ2) is 5.63. The first-order valence-electron chi connectivity index (χ1n) is 10.2. The Morgan fingerprint density at radius 3 is 2.48 bits per heavy atom. The molecule has 0 bridgehead atoms. The summed E-state index contributed by atoms with van der Waals surface area (Å²) in [5.74, 6) is 3.59. The van der Waals surface area contributed by atoms with E-state index in [9.17, 15) is 5.11 Å². The van der Waals surface area contributed by atoms with Gasteiger partial charge in [-0.1, -0.05) is 33.6 Å². The Kier molecular flexibility index (Phi) is 4.09. The van der Waals surface area contributed by atoms with Crippen molar-refractivity contribution in [3.63, 3.8) is 0 Å². The SMILES string of the molecule is CC[C@H]1CC[C@H]2[C@@H]3CCC4C(Cl)CCC[C@]4(C)[C@H]3[C@H](O)C[C@]12C. The molecule has 0 heterocycles. The fourth-order valence-electron chi connectivity index (χ4n) is 8.23. The van der Waals surface area contributed by atoms with Crippen molar-refractivity contribution < 1.29 is 5.11 Å². The monoisotopic (exact) mass is 338 g/mol. The average Bonchev–Trinajstić information content (AvgIpc) is 2.82. The Balaban J connectivity index is 1.68. The van der Waals surface area contributed by atoms with Gasteiger partial charge in [0.25, 0.3) is 0 Å². The molecular formula is C21H35ClO. The van der Waals surface area contributed by atoms with Gasteiger partial charge in [-0.05, 0) is 85.4 Å². The minimum Gasteiger partial charge on any atom is -0.393 e. The number of rotatable bonds is 1. The predicted molar refractivity (Wildman–Crippen MR) is 96.5 cm³/mol. The minimum absolute atomic E-state index is 0.0943. The number of halogens is 1. The number of fused-ring (bicyclic) bond motifs is 5. The van der Waals surface area contributed by atoms with E-state index < -0.39 is 0 Å². The highest BCUT2D eigenvalue weighted by Gasteiger charge is 2.63. The third-order valence-electron chi connectivity index (χ3n) is 9.19. The third kappa shape index (κ3) is 2.21. The van der Waals surface area contributed by atoms with Crippen LogP contribution in [-0.2, 0) is 0 Å². The van der Waals surface area contributed by atoms with Crippen molar-refractivity contribution in [1.29, 1.82) is 0 Å². The Bertz CT molecular complexity index is 465. The van der Waals surface area contributed by atoms with Crippen LogP contribution in [0.3, 0.4) is 0 Å². The van der Waals surface area contributed by atoms with Gasteiger partial charge in [-0.3, -0.25) is 0 Å². The summed E-state index contributed by atoms with van der Waals surface area (Å²) >= 11 is 6.76. The van der Waals surface area contributed by atoms with E-state index >= 15 is 0 Å². The summed E-state index contributed by atoms with van der Waals surface area (Å²) in [5.41, 5.74) is 0.687. The smallest absolute Gasteiger partial charge is 0.0581 e. The van der Waals surface area contributed by atoms with E-state index in [1.54, 1.807) is 0 Å². The van der Waals surface area contributed by atoms with Crippen molar-refractivity contribution in [2.45, 2.75) is 90.0 Å². The Labute approximate surface area is 147 Å². The van der Waals surface area contributed by atoms with Gasteiger partial charge in [0.05, 0.1) is 6.10 Å². The van der Waals surface area contributed by atoms with Crippen LogP contribution < -0.4 is 0 Å². The number of hydrogen-bond donors (Lipinski definition) is 1.